The van der Waals surface area contributed by atoms with Gasteiger partial charge in [-0.25, -0.2) is 4.68 Å². The first kappa shape index (κ1) is 19.9. The highest BCUT2D eigenvalue weighted by atomic mass is 16.5. The van der Waals surface area contributed by atoms with Crippen LogP contribution in [0.25, 0.3) is 0 Å². The number of aromatic nitrogens is 2. The Morgan fingerprint density at radius 1 is 1.29 bits per heavy atom. The van der Waals surface area contributed by atoms with Gasteiger partial charge in [-0.15, -0.1) is 0 Å². The molecule has 3 rings (SSSR count). The van der Waals surface area contributed by atoms with Crippen molar-refractivity contribution in [2.75, 3.05) is 30.4 Å². The van der Waals surface area contributed by atoms with Gasteiger partial charge in [0.2, 0.25) is 5.91 Å². The highest BCUT2D eigenvalue weighted by molar-refractivity contribution is 5.94. The fraction of sp³-hybridized carbons (Fsp3) is 0.476. The summed E-state index contributed by atoms with van der Waals surface area (Å²) in [4.78, 5) is 27.0. The van der Waals surface area contributed by atoms with Gasteiger partial charge in [-0.05, 0) is 43.9 Å². The van der Waals surface area contributed by atoms with Crippen LogP contribution in [0.3, 0.4) is 0 Å². The number of piperidine rings is 1. The lowest BCUT2D eigenvalue weighted by atomic mass is 9.95. The van der Waals surface area contributed by atoms with Crippen LogP contribution < -0.4 is 20.5 Å². The van der Waals surface area contributed by atoms with Crippen LogP contribution in [0.2, 0.25) is 0 Å². The number of ether oxygens (including phenoxy) is 1. The van der Waals surface area contributed by atoms with Crippen molar-refractivity contribution in [2.24, 2.45) is 5.92 Å². The van der Waals surface area contributed by atoms with Crippen LogP contribution >= 0.6 is 0 Å². The van der Waals surface area contributed by atoms with E-state index in [2.05, 4.69) is 15.3 Å². The van der Waals surface area contributed by atoms with Gasteiger partial charge in [0, 0.05) is 31.6 Å². The van der Waals surface area contributed by atoms with Gasteiger partial charge in [0.1, 0.15) is 5.75 Å². The highest BCUT2D eigenvalue weighted by Crippen LogP contribution is 2.28. The molecule has 1 aromatic carbocycles. The third-order valence-corrected chi connectivity index (χ3v) is 5.13. The average molecular weight is 384 g/mol. The van der Waals surface area contributed by atoms with Gasteiger partial charge in [0.15, 0.2) is 0 Å². The number of anilines is 2. The van der Waals surface area contributed by atoms with Crippen molar-refractivity contribution < 1.29 is 9.53 Å². The zero-order chi connectivity index (χ0) is 20.1. The summed E-state index contributed by atoms with van der Waals surface area (Å²) in [6.45, 7) is 6.08. The molecule has 7 heteroatoms. The second kappa shape index (κ2) is 8.91. The number of methoxy groups -OCH3 is 1. The molecule has 1 fully saturated rings. The number of hydrogen-bond acceptors (Lipinski definition) is 5. The third kappa shape index (κ3) is 4.52. The summed E-state index contributed by atoms with van der Waals surface area (Å²) in [5.74, 6) is 0.616. The lowest BCUT2D eigenvalue weighted by Gasteiger charge is -2.32. The highest BCUT2D eigenvalue weighted by Gasteiger charge is 2.26. The number of carbonyl (C=O) groups is 1. The van der Waals surface area contributed by atoms with Crippen molar-refractivity contribution in [1.82, 2.24) is 9.78 Å². The number of nitrogens with one attached hydrogen (secondary N) is 1. The molecule has 0 bridgehead atoms. The first-order valence-corrected chi connectivity index (χ1v) is 9.79. The van der Waals surface area contributed by atoms with Crippen molar-refractivity contribution in [3.8, 4) is 5.75 Å². The van der Waals surface area contributed by atoms with Crippen molar-refractivity contribution in [1.29, 1.82) is 0 Å². The van der Waals surface area contributed by atoms with Crippen LogP contribution in [-0.4, -0.2) is 35.9 Å². The minimum absolute atomic E-state index is 0.0139. The van der Waals surface area contributed by atoms with E-state index in [4.69, 9.17) is 4.74 Å². The molecule has 2 aromatic rings. The topological polar surface area (TPSA) is 76.5 Å². The smallest absolute Gasteiger partial charge is 0.268 e. The molecule has 1 saturated heterocycles. The number of carbonyl (C=O) groups excluding carboxylic acids is 1. The molecule has 0 saturated carbocycles. The van der Waals surface area contributed by atoms with Crippen molar-refractivity contribution in [3.63, 3.8) is 0 Å². The van der Waals surface area contributed by atoms with Crippen LogP contribution in [0.15, 0.2) is 35.3 Å². The molecule has 1 aromatic heterocycles. The summed E-state index contributed by atoms with van der Waals surface area (Å²) < 4.78 is 6.83. The SMILES string of the molecule is CCCn1ncc(N2CCC(C(=O)Nc3cc(C)ccc3OC)CC2)cc1=O. The summed E-state index contributed by atoms with van der Waals surface area (Å²) in [6, 6.07) is 7.38. The first-order chi connectivity index (χ1) is 13.5. The maximum atomic E-state index is 12.7. The van der Waals surface area contributed by atoms with E-state index < -0.39 is 0 Å². The maximum Gasteiger partial charge on any atom is 0.268 e. The molecule has 0 spiro atoms. The molecule has 0 atom stereocenters. The zero-order valence-electron chi connectivity index (χ0n) is 16.8. The second-order valence-electron chi connectivity index (χ2n) is 7.23. The molecular weight excluding hydrogens is 356 g/mol. The van der Waals surface area contributed by atoms with Crippen molar-refractivity contribution in [3.05, 3.63) is 46.4 Å². The molecular formula is C21H28N4O3. The van der Waals surface area contributed by atoms with E-state index in [0.29, 0.717) is 18.0 Å². The van der Waals surface area contributed by atoms with Crippen molar-refractivity contribution >= 4 is 17.3 Å². The van der Waals surface area contributed by atoms with Crippen LogP contribution in [0.4, 0.5) is 11.4 Å². The molecule has 2 heterocycles. The van der Waals surface area contributed by atoms with E-state index in [1.54, 1.807) is 19.4 Å². The number of aryl methyl sites for hydroxylation is 2. The van der Waals surface area contributed by atoms with E-state index in [1.807, 2.05) is 32.0 Å². The molecule has 0 aliphatic carbocycles. The van der Waals surface area contributed by atoms with E-state index in [-0.39, 0.29) is 17.4 Å². The Labute approximate surface area is 165 Å². The lowest BCUT2D eigenvalue weighted by Crippen LogP contribution is -2.39. The van der Waals surface area contributed by atoms with E-state index >= 15 is 0 Å². The normalized spacial score (nSPS) is 14.8. The Kier molecular flexibility index (Phi) is 6.34. The van der Waals surface area contributed by atoms with Crippen LogP contribution in [-0.2, 0) is 11.3 Å². The molecule has 1 aliphatic heterocycles. The number of amides is 1. The molecule has 7 nitrogen and oxygen atoms in total. The van der Waals surface area contributed by atoms with Gasteiger partial charge in [-0.1, -0.05) is 13.0 Å². The third-order valence-electron chi connectivity index (χ3n) is 5.13. The van der Waals surface area contributed by atoms with E-state index in [1.165, 1.54) is 4.68 Å². The summed E-state index contributed by atoms with van der Waals surface area (Å²) >= 11 is 0. The van der Waals surface area contributed by atoms with Gasteiger partial charge in [0.25, 0.3) is 5.56 Å². The quantitative estimate of drug-likeness (QED) is 0.829. The molecule has 0 unspecified atom stereocenters. The van der Waals surface area contributed by atoms with E-state index in [0.717, 1.165) is 43.6 Å². The molecule has 150 valence electrons. The minimum atomic E-state index is -0.0780. The molecule has 1 N–H and O–H groups in total. The van der Waals surface area contributed by atoms with Gasteiger partial charge >= 0.3 is 0 Å². The molecule has 1 aliphatic rings. The van der Waals surface area contributed by atoms with Crippen LogP contribution in [0, 0.1) is 12.8 Å². The Morgan fingerprint density at radius 2 is 2.04 bits per heavy atom. The summed E-state index contributed by atoms with van der Waals surface area (Å²) in [5.41, 5.74) is 2.53. The predicted molar refractivity (Wildman–Crippen MR) is 110 cm³/mol. The number of nitrogens with zero attached hydrogens (tertiary/aromatic N) is 3. The maximum absolute atomic E-state index is 12.7. The summed E-state index contributed by atoms with van der Waals surface area (Å²) in [7, 11) is 1.60. The van der Waals surface area contributed by atoms with Gasteiger partial charge < -0.3 is 15.0 Å². The van der Waals surface area contributed by atoms with E-state index in [9.17, 15) is 9.59 Å². The lowest BCUT2D eigenvalue weighted by molar-refractivity contribution is -0.120. The average Bonchev–Trinajstić information content (AvgIpc) is 2.70. The van der Waals surface area contributed by atoms with Crippen LogP contribution in [0.1, 0.15) is 31.7 Å². The van der Waals surface area contributed by atoms with Crippen molar-refractivity contribution in [2.45, 2.75) is 39.7 Å². The molecule has 0 radical (unpaired) electrons. The van der Waals surface area contributed by atoms with Gasteiger partial charge in [-0.3, -0.25) is 9.59 Å². The largest absolute Gasteiger partial charge is 0.495 e. The second-order valence-corrected chi connectivity index (χ2v) is 7.23. The Hall–Kier alpha value is -2.83. The molecule has 28 heavy (non-hydrogen) atoms. The fourth-order valence-electron chi connectivity index (χ4n) is 3.53. The Morgan fingerprint density at radius 3 is 2.68 bits per heavy atom. The number of benzene rings is 1. The summed E-state index contributed by atoms with van der Waals surface area (Å²) in [6.07, 6.45) is 4.09. The standard InChI is InChI=1S/C21H28N4O3/c1-4-9-25-20(26)13-17(14-22-25)24-10-7-16(8-11-24)21(27)23-18-12-15(2)5-6-19(18)28-3/h5-6,12-14,16H,4,7-11H2,1-3H3,(H,23,27). The Bertz CT molecular complexity index is 885. The molecule has 1 amide bonds. The fourth-order valence-corrected chi connectivity index (χ4v) is 3.53. The van der Waals surface area contributed by atoms with Gasteiger partial charge in [-0.2, -0.15) is 5.10 Å². The summed E-state index contributed by atoms with van der Waals surface area (Å²) in [5, 5.41) is 7.26. The number of hydrogen-bond donors (Lipinski definition) is 1. The number of rotatable bonds is 6. The monoisotopic (exact) mass is 384 g/mol. The predicted octanol–water partition coefficient (Wildman–Crippen LogP) is 2.83. The minimum Gasteiger partial charge on any atom is -0.495 e. The van der Waals surface area contributed by atoms with Crippen LogP contribution in [0.5, 0.6) is 5.75 Å². The first-order valence-electron chi connectivity index (χ1n) is 9.79. The van der Waals surface area contributed by atoms with Gasteiger partial charge in [0.05, 0.1) is 24.7 Å². The zero-order valence-corrected chi connectivity index (χ0v) is 16.8. The Balaban J connectivity index is 1.61.